The molecule has 0 bridgehead atoms. The third kappa shape index (κ3) is 9.10. The normalized spacial score (nSPS) is 11.8. The van der Waals surface area contributed by atoms with Crippen molar-refractivity contribution in [3.05, 3.63) is 204 Å². The first kappa shape index (κ1) is 46.2. The Labute approximate surface area is 400 Å². The molecule has 0 spiro atoms. The van der Waals surface area contributed by atoms with E-state index in [2.05, 4.69) is 94.9 Å². The largest absolute Gasteiger partial charge is 0.500 e. The number of fused-ring (bicyclic) bond motifs is 4. The van der Waals surface area contributed by atoms with Crippen molar-refractivity contribution < 1.29 is 33.3 Å². The Kier molecular flexibility index (Phi) is 13.2. The van der Waals surface area contributed by atoms with E-state index in [-0.39, 0.29) is 31.3 Å². The van der Waals surface area contributed by atoms with Crippen molar-refractivity contribution in [1.82, 2.24) is 14.5 Å². The number of hydrogen-bond acceptors (Lipinski definition) is 3. The Morgan fingerprint density at radius 1 is 0.742 bits per heavy atom. The summed E-state index contributed by atoms with van der Waals surface area (Å²) in [6.45, 7) is 16.1. The second kappa shape index (κ2) is 18.9. The molecule has 10 rings (SSSR count). The summed E-state index contributed by atoms with van der Waals surface area (Å²) in [5, 5.41) is 2.55. The predicted molar refractivity (Wildman–Crippen MR) is 267 cm³/mol. The van der Waals surface area contributed by atoms with Crippen LogP contribution in [0, 0.1) is 29.7 Å². The van der Waals surface area contributed by atoms with Crippen molar-refractivity contribution in [1.29, 1.82) is 0 Å². The summed E-state index contributed by atoms with van der Waals surface area (Å²) in [6, 6.07) is 56.6. The second-order valence-corrected chi connectivity index (χ2v) is 23.7. The van der Waals surface area contributed by atoms with Crippen LogP contribution in [0.5, 0.6) is 0 Å². The molecule has 3 aromatic heterocycles. The monoisotopic (exact) mass is 1060 g/mol. The molecule has 10 aromatic rings. The third-order valence-electron chi connectivity index (χ3n) is 12.2. The van der Waals surface area contributed by atoms with E-state index in [1.54, 1.807) is 6.07 Å². The molecule has 0 N–H and O–H groups in total. The van der Waals surface area contributed by atoms with Crippen LogP contribution in [0.1, 0.15) is 44.4 Å². The first-order valence-electron chi connectivity index (χ1n) is 22.2. The number of nitrogens with zero attached hydrogens (tertiary/aromatic N) is 3. The molecule has 1 radical (unpaired) electrons. The number of hydrogen-bond donors (Lipinski definition) is 0. The van der Waals surface area contributed by atoms with Gasteiger partial charge in [0.05, 0.1) is 30.5 Å². The molecule has 0 amide bonds. The maximum Gasteiger partial charge on any atom is 0.131 e. The number of imidazole rings is 1. The van der Waals surface area contributed by atoms with E-state index in [4.69, 9.17) is 9.40 Å². The van der Waals surface area contributed by atoms with Crippen molar-refractivity contribution in [2.45, 2.75) is 59.2 Å². The minimum absolute atomic E-state index is 0. The molecule has 0 saturated carbocycles. The average Bonchev–Trinajstić information content (AvgIpc) is 3.89. The van der Waals surface area contributed by atoms with Gasteiger partial charge in [-0.2, -0.15) is 0 Å². The van der Waals surface area contributed by atoms with Gasteiger partial charge in [0.2, 0.25) is 0 Å². The van der Waals surface area contributed by atoms with Gasteiger partial charge in [-0.25, -0.2) is 4.39 Å². The first-order chi connectivity index (χ1) is 31.3. The van der Waals surface area contributed by atoms with Crippen molar-refractivity contribution in [2.75, 3.05) is 0 Å². The van der Waals surface area contributed by atoms with Crippen LogP contribution < -0.4 is 5.19 Å². The molecule has 0 aliphatic rings. The van der Waals surface area contributed by atoms with Crippen molar-refractivity contribution in [3.63, 3.8) is 0 Å². The van der Waals surface area contributed by atoms with Gasteiger partial charge >= 0.3 is 0 Å². The number of rotatable bonds is 9. The summed E-state index contributed by atoms with van der Waals surface area (Å²) >= 11 is 0. The van der Waals surface area contributed by atoms with Crippen LogP contribution in [0.3, 0.4) is 0 Å². The molecule has 3 heterocycles. The molecule has 8 heteroatoms. The molecular weight excluding hydrogens is 1010 g/mol. The second-order valence-electron chi connectivity index (χ2n) is 18.7. The number of pyridine rings is 1. The van der Waals surface area contributed by atoms with E-state index >= 15 is 8.78 Å². The Morgan fingerprint density at radius 2 is 1.45 bits per heavy atom. The fraction of sp³-hybridized carbons (Fsp3) is 0.172. The quantitative estimate of drug-likeness (QED) is 0.107. The smallest absolute Gasteiger partial charge is 0.131 e. The van der Waals surface area contributed by atoms with Crippen LogP contribution in [0.4, 0.5) is 8.78 Å². The Morgan fingerprint density at radius 3 is 2.17 bits per heavy atom. The molecule has 0 fully saturated rings. The van der Waals surface area contributed by atoms with Gasteiger partial charge in [0.15, 0.2) is 0 Å². The molecule has 7 aromatic carbocycles. The van der Waals surface area contributed by atoms with Gasteiger partial charge in [0, 0.05) is 54.2 Å². The van der Waals surface area contributed by atoms with Gasteiger partial charge in [-0.3, -0.25) is 9.37 Å². The Bertz CT molecular complexity index is 3300. The average molecular weight is 1060 g/mol. The summed E-state index contributed by atoms with van der Waals surface area (Å²) in [7, 11) is -1.34. The number of halogens is 2. The number of para-hydroxylation sites is 2. The van der Waals surface area contributed by atoms with Crippen molar-refractivity contribution in [3.8, 4) is 39.5 Å². The van der Waals surface area contributed by atoms with Crippen LogP contribution in [0.25, 0.3) is 72.4 Å². The summed E-state index contributed by atoms with van der Waals surface area (Å²) in [5.74, 6) is 0.451. The topological polar surface area (TPSA) is 43.9 Å². The van der Waals surface area contributed by atoms with E-state index in [9.17, 15) is 0 Å². The molecule has 0 aliphatic carbocycles. The summed E-state index contributed by atoms with van der Waals surface area (Å²) in [6.07, 6.45) is 3.24. The van der Waals surface area contributed by atoms with Crippen molar-refractivity contribution >= 4 is 46.2 Å². The zero-order valence-electron chi connectivity index (χ0n) is 38.2. The standard InChI is InChI=1S/C40H27F2N2O.C18H24NSi.Ir/c1-40(2,26-13-7-4-8-14-26)27-17-19-29-36(23-27)45-38-30(20-22-33(42)37(29)38)39-43-34-15-9-10-16-35(34)44(39)28-18-21-32(41)31(24-28)25-11-5-3-6-12-25;1-14(2)11-16-12-17(15-9-7-6-8-10-15)19-13-18(16)20(3,4)5;/h3-19,21-24H,1-2H3;6-9,12-14H,11H2,1-5H3;/q2*-1;. The molecule has 0 aliphatic heterocycles. The fourth-order valence-corrected chi connectivity index (χ4v) is 10.4. The summed E-state index contributed by atoms with van der Waals surface area (Å²) in [4.78, 5) is 9.67. The van der Waals surface area contributed by atoms with E-state index in [0.717, 1.165) is 39.8 Å². The van der Waals surface area contributed by atoms with E-state index < -0.39 is 13.9 Å². The minimum Gasteiger partial charge on any atom is -0.500 e. The SMILES string of the molecule is CC(C)(c1ccccc1)c1ccc2c(c1)oc1c(-c3nc4ccccc4n3-c3ccc(F)c(-c4ccccc4)c3)[c-]cc(F)c12.CC(C)Cc1cc(-c2[c-]cccc2)ncc1[Si](C)(C)C.[Ir]. The van der Waals surface area contributed by atoms with Gasteiger partial charge in [-0.1, -0.05) is 149 Å². The molecular formula is C58H51F2IrN3OSi-2. The number of furan rings is 1. The maximum absolute atomic E-state index is 15.6. The van der Waals surface area contributed by atoms with Gasteiger partial charge in [0.1, 0.15) is 11.4 Å². The van der Waals surface area contributed by atoms with Gasteiger partial charge in [-0.15, -0.1) is 48.0 Å². The summed E-state index contributed by atoms with van der Waals surface area (Å²) in [5.41, 5.74) is 10.5. The van der Waals surface area contributed by atoms with E-state index in [1.807, 2.05) is 120 Å². The van der Waals surface area contributed by atoms with Gasteiger partial charge < -0.3 is 14.0 Å². The molecule has 66 heavy (non-hydrogen) atoms. The molecule has 0 saturated heterocycles. The van der Waals surface area contributed by atoms with Gasteiger partial charge in [0.25, 0.3) is 0 Å². The first-order valence-corrected chi connectivity index (χ1v) is 25.7. The zero-order chi connectivity index (χ0) is 45.5. The Balaban J connectivity index is 0.000000238. The predicted octanol–water partition coefficient (Wildman–Crippen LogP) is 15.0. The third-order valence-corrected chi connectivity index (χ3v) is 14.3. The molecule has 0 unspecified atom stereocenters. The minimum atomic E-state index is -1.34. The van der Waals surface area contributed by atoms with Crippen LogP contribution in [-0.4, -0.2) is 22.6 Å². The van der Waals surface area contributed by atoms with Gasteiger partial charge in [-0.05, 0) is 81.7 Å². The number of aromatic nitrogens is 3. The van der Waals surface area contributed by atoms with Crippen LogP contribution >= 0.6 is 0 Å². The number of benzene rings is 7. The maximum atomic E-state index is 15.6. The Hall–Kier alpha value is -6.31. The zero-order valence-corrected chi connectivity index (χ0v) is 41.6. The molecule has 0 atom stereocenters. The summed E-state index contributed by atoms with van der Waals surface area (Å²) < 4.78 is 39.2. The van der Waals surface area contributed by atoms with Crippen LogP contribution in [0.2, 0.25) is 19.6 Å². The fourth-order valence-electron chi connectivity index (χ4n) is 8.79. The molecule has 333 valence electrons. The van der Waals surface area contributed by atoms with Crippen LogP contribution in [-0.2, 0) is 31.9 Å². The van der Waals surface area contributed by atoms with E-state index in [1.165, 1.54) is 28.4 Å². The molecule has 4 nitrogen and oxygen atoms in total. The van der Waals surface area contributed by atoms with E-state index in [0.29, 0.717) is 50.5 Å². The van der Waals surface area contributed by atoms with Crippen LogP contribution in [0.15, 0.2) is 168 Å². The van der Waals surface area contributed by atoms with Crippen molar-refractivity contribution in [2.24, 2.45) is 5.92 Å².